The maximum Gasteiger partial charge on any atom is 0.0733 e. The Morgan fingerprint density at radius 3 is 1.36 bits per heavy atom. The second-order valence-electron chi connectivity index (χ2n) is 4.78. The Morgan fingerprint density at radius 2 is 1.05 bits per heavy atom. The molecule has 0 heterocycles. The van der Waals surface area contributed by atoms with Gasteiger partial charge in [-0.2, -0.15) is 0 Å². The third-order valence-electron chi connectivity index (χ3n) is 2.93. The summed E-state index contributed by atoms with van der Waals surface area (Å²) in [7, 11) is 3.26. The van der Waals surface area contributed by atoms with Crippen LogP contribution in [0.1, 0.15) is 11.1 Å². The van der Waals surface area contributed by atoms with Crippen molar-refractivity contribution in [1.82, 2.24) is 0 Å². The highest BCUT2D eigenvalue weighted by Crippen LogP contribution is 2.16. The molecule has 0 atom stereocenters. The number of anilines is 4. The quantitative estimate of drug-likeness (QED) is 0.641. The Morgan fingerprint density at radius 1 is 0.682 bits per heavy atom. The highest BCUT2D eigenvalue weighted by Gasteiger charge is 1.98. The van der Waals surface area contributed by atoms with E-state index in [0.717, 1.165) is 22.5 Å². The molecular weight excluding hydrogens is 280 g/mol. The lowest BCUT2D eigenvalue weighted by molar-refractivity contribution is 0.185. The van der Waals surface area contributed by atoms with Gasteiger partial charge in [-0.3, -0.25) is 0 Å². The monoisotopic (exact) mass is 304 g/mol. The molecule has 2 rings (SSSR count). The predicted octanol–water partition coefficient (Wildman–Crippen LogP) is 1.99. The molecule has 0 aromatic heterocycles. The minimum Gasteiger partial charge on any atom is -0.399 e. The lowest BCUT2D eigenvalue weighted by Crippen LogP contribution is -1.97. The molecule has 0 bridgehead atoms. The molecule has 120 valence electrons. The van der Waals surface area contributed by atoms with Gasteiger partial charge in [0.15, 0.2) is 0 Å². The van der Waals surface area contributed by atoms with E-state index in [-0.39, 0.29) is 0 Å². The Labute approximate surface area is 131 Å². The van der Waals surface area contributed by atoms with Crippen molar-refractivity contribution in [2.75, 3.05) is 37.2 Å². The van der Waals surface area contributed by atoms with Crippen molar-refractivity contribution in [3.63, 3.8) is 0 Å². The molecule has 2 aromatic carbocycles. The molecule has 6 heteroatoms. The van der Waals surface area contributed by atoms with Crippen molar-refractivity contribution < 1.29 is 9.47 Å². The largest absolute Gasteiger partial charge is 0.399 e. The van der Waals surface area contributed by atoms with Crippen molar-refractivity contribution in [3.05, 3.63) is 47.5 Å². The van der Waals surface area contributed by atoms with Crippen LogP contribution in [0.5, 0.6) is 0 Å². The van der Waals surface area contributed by atoms with E-state index in [0.29, 0.717) is 24.6 Å². The van der Waals surface area contributed by atoms with E-state index in [1.165, 1.54) is 0 Å². The van der Waals surface area contributed by atoms with E-state index < -0.39 is 0 Å². The van der Waals surface area contributed by atoms with Gasteiger partial charge >= 0.3 is 0 Å². The van der Waals surface area contributed by atoms with Gasteiger partial charge < -0.3 is 32.4 Å². The minimum atomic E-state index is 0.511. The highest BCUT2D eigenvalue weighted by molar-refractivity contribution is 5.55. The van der Waals surface area contributed by atoms with Crippen LogP contribution >= 0.6 is 0 Å². The normalized spacial score (nSPS) is 9.91. The summed E-state index contributed by atoms with van der Waals surface area (Å²) in [6.07, 6.45) is 0. The molecule has 0 unspecified atom stereocenters. The average Bonchev–Trinajstić information content (AvgIpc) is 2.48. The minimum absolute atomic E-state index is 0.511. The molecule has 8 N–H and O–H groups in total. The first kappa shape index (κ1) is 17.6. The van der Waals surface area contributed by atoms with E-state index >= 15 is 0 Å². The van der Waals surface area contributed by atoms with Crippen LogP contribution in [0.25, 0.3) is 0 Å². The molecule has 0 aliphatic carbocycles. The number of nitrogen functional groups attached to an aromatic ring is 4. The van der Waals surface area contributed by atoms with Crippen molar-refractivity contribution in [2.45, 2.75) is 13.2 Å². The predicted molar refractivity (Wildman–Crippen MR) is 92.0 cm³/mol. The van der Waals surface area contributed by atoms with Gasteiger partial charge in [0.1, 0.15) is 0 Å². The van der Waals surface area contributed by atoms with Crippen molar-refractivity contribution in [1.29, 1.82) is 0 Å². The molecule has 2 aromatic rings. The third kappa shape index (κ3) is 5.51. The summed E-state index contributed by atoms with van der Waals surface area (Å²) in [5.74, 6) is 0. The second-order valence-corrected chi connectivity index (χ2v) is 4.78. The zero-order valence-corrected chi connectivity index (χ0v) is 13.0. The van der Waals surface area contributed by atoms with Gasteiger partial charge in [0.05, 0.1) is 13.2 Å². The van der Waals surface area contributed by atoms with Crippen LogP contribution in [-0.4, -0.2) is 14.2 Å². The molecule has 0 fully saturated rings. The van der Waals surface area contributed by atoms with Gasteiger partial charge in [0.25, 0.3) is 0 Å². The van der Waals surface area contributed by atoms with Gasteiger partial charge in [-0.15, -0.1) is 0 Å². The molecule has 22 heavy (non-hydrogen) atoms. The lowest BCUT2D eigenvalue weighted by atomic mass is 10.2. The van der Waals surface area contributed by atoms with Gasteiger partial charge in [0.2, 0.25) is 0 Å². The maximum absolute atomic E-state index is 5.64. The summed E-state index contributed by atoms with van der Waals surface area (Å²) < 4.78 is 9.86. The van der Waals surface area contributed by atoms with Crippen LogP contribution in [0, 0.1) is 0 Å². The first-order chi connectivity index (χ1) is 10.5. The zero-order chi connectivity index (χ0) is 16.5. The van der Waals surface area contributed by atoms with Crippen LogP contribution in [0.15, 0.2) is 36.4 Å². The molecule has 0 spiro atoms. The molecule has 0 saturated carbocycles. The van der Waals surface area contributed by atoms with Gasteiger partial charge in [-0.05, 0) is 36.4 Å². The summed E-state index contributed by atoms with van der Waals surface area (Å²) >= 11 is 0. The summed E-state index contributed by atoms with van der Waals surface area (Å²) in [6.45, 7) is 1.02. The average molecular weight is 304 g/mol. The number of rotatable bonds is 4. The zero-order valence-electron chi connectivity index (χ0n) is 13.0. The van der Waals surface area contributed by atoms with Crippen molar-refractivity contribution in [2.24, 2.45) is 0 Å². The number of methoxy groups -OCH3 is 2. The summed E-state index contributed by atoms with van der Waals surface area (Å²) in [5, 5.41) is 0. The summed E-state index contributed by atoms with van der Waals surface area (Å²) in [6, 6.07) is 10.7. The first-order valence-electron chi connectivity index (χ1n) is 6.73. The van der Waals surface area contributed by atoms with Gasteiger partial charge in [-0.1, -0.05) is 0 Å². The first-order valence-corrected chi connectivity index (χ1v) is 6.73. The Bertz CT molecular complexity index is 549. The number of hydrogen-bond acceptors (Lipinski definition) is 6. The molecule has 0 aliphatic heterocycles. The van der Waals surface area contributed by atoms with Crippen molar-refractivity contribution in [3.8, 4) is 0 Å². The second kappa shape index (κ2) is 8.76. The Kier molecular flexibility index (Phi) is 7.01. The fourth-order valence-electron chi connectivity index (χ4n) is 1.81. The van der Waals surface area contributed by atoms with Crippen LogP contribution in [0.3, 0.4) is 0 Å². The Balaban J connectivity index is 0.000000220. The van der Waals surface area contributed by atoms with Crippen LogP contribution in [0.4, 0.5) is 22.7 Å². The van der Waals surface area contributed by atoms with E-state index in [4.69, 9.17) is 32.4 Å². The van der Waals surface area contributed by atoms with Crippen LogP contribution in [-0.2, 0) is 22.7 Å². The van der Waals surface area contributed by atoms with Crippen LogP contribution in [0.2, 0.25) is 0 Å². The van der Waals surface area contributed by atoms with Crippen molar-refractivity contribution >= 4 is 22.7 Å². The molecule has 0 radical (unpaired) electrons. The topological polar surface area (TPSA) is 123 Å². The van der Waals surface area contributed by atoms with E-state index in [1.54, 1.807) is 38.5 Å². The molecule has 0 aliphatic rings. The fourth-order valence-corrected chi connectivity index (χ4v) is 1.81. The number of benzene rings is 2. The number of hydrogen-bond donors (Lipinski definition) is 4. The standard InChI is InChI=1S/2C8H12N2O/c2*1-11-5-6-4-7(9)2-3-8(6)10/h2*2-4H,5,9-10H2,1H3. The lowest BCUT2D eigenvalue weighted by Gasteiger charge is -2.04. The third-order valence-corrected chi connectivity index (χ3v) is 2.93. The van der Waals surface area contributed by atoms with Gasteiger partial charge in [-0.25, -0.2) is 0 Å². The molecular formula is C16H24N4O2. The van der Waals surface area contributed by atoms with Gasteiger partial charge in [0, 0.05) is 48.1 Å². The fraction of sp³-hybridized carbons (Fsp3) is 0.250. The van der Waals surface area contributed by atoms with E-state index in [1.807, 2.05) is 12.1 Å². The molecule has 0 saturated heterocycles. The number of nitrogens with two attached hydrogens (primary N) is 4. The highest BCUT2D eigenvalue weighted by atomic mass is 16.5. The summed E-state index contributed by atoms with van der Waals surface area (Å²) in [5.41, 5.74) is 27.1. The van der Waals surface area contributed by atoms with Crippen LogP contribution < -0.4 is 22.9 Å². The smallest absolute Gasteiger partial charge is 0.0733 e. The van der Waals surface area contributed by atoms with E-state index in [2.05, 4.69) is 0 Å². The Hall–Kier alpha value is -2.44. The SMILES string of the molecule is COCc1cc(N)ccc1N.COCc1cc(N)ccc1N. The molecule has 0 amide bonds. The van der Waals surface area contributed by atoms with E-state index in [9.17, 15) is 0 Å². The molecule has 6 nitrogen and oxygen atoms in total. The maximum atomic E-state index is 5.64. The summed E-state index contributed by atoms with van der Waals surface area (Å²) in [4.78, 5) is 0. The number of ether oxygens (including phenoxy) is 2.